The Morgan fingerprint density at radius 2 is 1.70 bits per heavy atom. The molecule has 1 aliphatic heterocycles. The highest BCUT2D eigenvalue weighted by atomic mass is 35.5. The molecule has 144 valence electrons. The Kier molecular flexibility index (Phi) is 6.45. The first-order chi connectivity index (χ1) is 12.9. The van der Waals surface area contributed by atoms with Crippen molar-refractivity contribution in [1.29, 1.82) is 0 Å². The summed E-state index contributed by atoms with van der Waals surface area (Å²) >= 11 is 12.3. The summed E-state index contributed by atoms with van der Waals surface area (Å²) in [7, 11) is -3.43. The number of carbonyl (C=O) groups is 1. The lowest BCUT2D eigenvalue weighted by molar-refractivity contribution is -0.131. The number of hydrogen-bond acceptors (Lipinski definition) is 3. The Balaban J connectivity index is 1.66. The lowest BCUT2D eigenvalue weighted by atomic mass is 10.1. The number of amides is 1. The third-order valence-electron chi connectivity index (χ3n) is 4.86. The van der Waals surface area contributed by atoms with Crippen molar-refractivity contribution in [1.82, 2.24) is 4.90 Å². The predicted molar refractivity (Wildman–Crippen MR) is 108 cm³/mol. The van der Waals surface area contributed by atoms with Crippen LogP contribution in [0.25, 0.3) is 0 Å². The molecule has 0 aliphatic carbocycles. The second-order valence-corrected chi connectivity index (χ2v) is 9.53. The zero-order valence-electron chi connectivity index (χ0n) is 14.8. The highest BCUT2D eigenvalue weighted by Crippen LogP contribution is 2.27. The van der Waals surface area contributed by atoms with Crippen LogP contribution in [0.4, 0.5) is 0 Å². The van der Waals surface area contributed by atoms with Crippen molar-refractivity contribution < 1.29 is 13.2 Å². The monoisotopic (exact) mass is 425 g/mol. The van der Waals surface area contributed by atoms with E-state index in [1.807, 2.05) is 0 Å². The number of nitrogens with zero attached hydrogens (tertiary/aromatic N) is 1. The average Bonchev–Trinajstić information content (AvgIpc) is 3.09. The largest absolute Gasteiger partial charge is 0.339 e. The Morgan fingerprint density at radius 1 is 1.04 bits per heavy atom. The fourth-order valence-corrected chi connectivity index (χ4v) is 5.67. The topological polar surface area (TPSA) is 54.5 Å². The molecule has 0 radical (unpaired) electrons. The summed E-state index contributed by atoms with van der Waals surface area (Å²) in [6.45, 7) is 0.587. The van der Waals surface area contributed by atoms with Crippen LogP contribution < -0.4 is 0 Å². The van der Waals surface area contributed by atoms with Crippen molar-refractivity contribution >= 4 is 38.9 Å². The minimum absolute atomic E-state index is 0.0460. The first kappa shape index (κ1) is 20.2. The van der Waals surface area contributed by atoms with E-state index in [1.54, 1.807) is 53.4 Å². The van der Waals surface area contributed by atoms with Gasteiger partial charge in [-0.3, -0.25) is 4.79 Å². The Bertz CT molecular complexity index is 896. The smallest absolute Gasteiger partial charge is 0.223 e. The molecule has 1 saturated heterocycles. The SMILES string of the molecule is O=C(CCc1c(Cl)cccc1Cl)N1CCCC1CS(=O)(=O)c1ccccc1. The molecule has 1 heterocycles. The molecule has 0 bridgehead atoms. The van der Waals surface area contributed by atoms with Crippen molar-refractivity contribution in [3.8, 4) is 0 Å². The highest BCUT2D eigenvalue weighted by Gasteiger charge is 2.32. The second kappa shape index (κ2) is 8.63. The van der Waals surface area contributed by atoms with Gasteiger partial charge in [-0.05, 0) is 49.1 Å². The Labute approximate surface area is 170 Å². The van der Waals surface area contributed by atoms with E-state index in [4.69, 9.17) is 23.2 Å². The van der Waals surface area contributed by atoms with Crippen LogP contribution in [0.5, 0.6) is 0 Å². The number of sulfone groups is 1. The first-order valence-corrected chi connectivity index (χ1v) is 11.3. The lowest BCUT2D eigenvalue weighted by Crippen LogP contribution is -2.39. The maximum Gasteiger partial charge on any atom is 0.223 e. The Hall–Kier alpha value is -1.56. The molecule has 1 unspecified atom stereocenters. The number of carbonyl (C=O) groups excluding carboxylic acids is 1. The molecule has 1 fully saturated rings. The van der Waals surface area contributed by atoms with E-state index in [-0.39, 0.29) is 24.1 Å². The molecule has 0 saturated carbocycles. The summed E-state index contributed by atoms with van der Waals surface area (Å²) in [4.78, 5) is 14.7. The number of likely N-dealkylation sites (tertiary alicyclic amines) is 1. The summed E-state index contributed by atoms with van der Waals surface area (Å²) < 4.78 is 25.3. The van der Waals surface area contributed by atoms with Gasteiger partial charge in [-0.1, -0.05) is 47.5 Å². The third-order valence-corrected chi connectivity index (χ3v) is 7.38. The first-order valence-electron chi connectivity index (χ1n) is 8.88. The van der Waals surface area contributed by atoms with Crippen molar-refractivity contribution in [2.45, 2.75) is 36.6 Å². The van der Waals surface area contributed by atoms with Crippen LogP contribution in [0.3, 0.4) is 0 Å². The molecule has 4 nitrogen and oxygen atoms in total. The van der Waals surface area contributed by atoms with Crippen LogP contribution in [0, 0.1) is 0 Å². The molecule has 2 aromatic rings. The second-order valence-electron chi connectivity index (χ2n) is 6.68. The molecule has 1 atom stereocenters. The maximum atomic E-state index is 12.7. The molecule has 7 heteroatoms. The quantitative estimate of drug-likeness (QED) is 0.689. The van der Waals surface area contributed by atoms with Gasteiger partial charge in [0.2, 0.25) is 5.91 Å². The van der Waals surface area contributed by atoms with Gasteiger partial charge in [0, 0.05) is 29.1 Å². The summed E-state index contributed by atoms with van der Waals surface area (Å²) in [6.07, 6.45) is 2.20. The molecule has 3 rings (SSSR count). The van der Waals surface area contributed by atoms with Gasteiger partial charge in [-0.25, -0.2) is 8.42 Å². The number of rotatable bonds is 6. The molecule has 27 heavy (non-hydrogen) atoms. The summed E-state index contributed by atoms with van der Waals surface area (Å²) in [5.41, 5.74) is 0.752. The van der Waals surface area contributed by atoms with Crippen LogP contribution >= 0.6 is 23.2 Å². The standard InChI is InChI=1S/C20H21Cl2NO3S/c21-18-9-4-10-19(22)17(18)11-12-20(24)23-13-5-6-15(23)14-27(25,26)16-7-2-1-3-8-16/h1-4,7-10,15H,5-6,11-14H2. The van der Waals surface area contributed by atoms with E-state index in [1.165, 1.54) is 0 Å². The van der Waals surface area contributed by atoms with Crippen LogP contribution in [0.1, 0.15) is 24.8 Å². The van der Waals surface area contributed by atoms with Crippen LogP contribution in [-0.2, 0) is 21.1 Å². The Morgan fingerprint density at radius 3 is 2.37 bits per heavy atom. The molecular weight excluding hydrogens is 405 g/mol. The van der Waals surface area contributed by atoms with Crippen LogP contribution in [0.15, 0.2) is 53.4 Å². The van der Waals surface area contributed by atoms with Gasteiger partial charge in [0.05, 0.1) is 10.6 Å². The van der Waals surface area contributed by atoms with E-state index >= 15 is 0 Å². The van der Waals surface area contributed by atoms with Crippen LogP contribution in [-0.4, -0.2) is 37.6 Å². The highest BCUT2D eigenvalue weighted by molar-refractivity contribution is 7.91. The van der Waals surface area contributed by atoms with Gasteiger partial charge in [0.25, 0.3) is 0 Å². The fourth-order valence-electron chi connectivity index (χ4n) is 3.46. The molecule has 2 aromatic carbocycles. The lowest BCUT2D eigenvalue weighted by Gasteiger charge is -2.25. The van der Waals surface area contributed by atoms with Gasteiger partial charge in [0.1, 0.15) is 0 Å². The summed E-state index contributed by atoms with van der Waals surface area (Å²) in [6, 6.07) is 13.4. The van der Waals surface area contributed by atoms with Gasteiger partial charge in [-0.15, -0.1) is 0 Å². The number of halogens is 2. The van der Waals surface area contributed by atoms with E-state index in [0.717, 1.165) is 12.0 Å². The van der Waals surface area contributed by atoms with Crippen molar-refractivity contribution in [2.24, 2.45) is 0 Å². The van der Waals surface area contributed by atoms with Gasteiger partial charge in [-0.2, -0.15) is 0 Å². The maximum absolute atomic E-state index is 12.7. The fraction of sp³-hybridized carbons (Fsp3) is 0.350. The number of benzene rings is 2. The van der Waals surface area contributed by atoms with Gasteiger partial charge in [0.15, 0.2) is 9.84 Å². The molecule has 0 spiro atoms. The molecular formula is C20H21Cl2NO3S. The van der Waals surface area contributed by atoms with Crippen molar-refractivity contribution in [3.63, 3.8) is 0 Å². The molecule has 0 aromatic heterocycles. The average molecular weight is 426 g/mol. The summed E-state index contributed by atoms with van der Waals surface area (Å²) in [5.74, 6) is -0.105. The van der Waals surface area contributed by atoms with Gasteiger partial charge < -0.3 is 4.90 Å². The zero-order chi connectivity index (χ0) is 19.4. The van der Waals surface area contributed by atoms with Crippen molar-refractivity contribution in [3.05, 3.63) is 64.1 Å². The molecule has 1 amide bonds. The number of hydrogen-bond donors (Lipinski definition) is 0. The van der Waals surface area contributed by atoms with E-state index < -0.39 is 9.84 Å². The van der Waals surface area contributed by atoms with E-state index in [2.05, 4.69) is 0 Å². The van der Waals surface area contributed by atoms with Crippen molar-refractivity contribution in [2.75, 3.05) is 12.3 Å². The normalized spacial score (nSPS) is 17.3. The molecule has 0 N–H and O–H groups in total. The third kappa shape index (κ3) is 4.84. The van der Waals surface area contributed by atoms with Gasteiger partial charge >= 0.3 is 0 Å². The van der Waals surface area contributed by atoms with E-state index in [0.29, 0.717) is 34.3 Å². The zero-order valence-corrected chi connectivity index (χ0v) is 17.1. The van der Waals surface area contributed by atoms with E-state index in [9.17, 15) is 13.2 Å². The minimum Gasteiger partial charge on any atom is -0.339 e. The molecule has 1 aliphatic rings. The van der Waals surface area contributed by atoms with Crippen LogP contribution in [0.2, 0.25) is 10.0 Å². The summed E-state index contributed by atoms with van der Waals surface area (Å²) in [5, 5.41) is 1.08. The predicted octanol–water partition coefficient (Wildman–Crippen LogP) is 4.39. The minimum atomic E-state index is -3.43.